The summed E-state index contributed by atoms with van der Waals surface area (Å²) in [5.74, 6) is -0.832. The van der Waals surface area contributed by atoms with E-state index in [1.165, 1.54) is 0 Å². The van der Waals surface area contributed by atoms with Crippen molar-refractivity contribution in [2.75, 3.05) is 0 Å². The fraction of sp³-hybridized carbons (Fsp3) is 0.750. The molecule has 5 heteroatoms. The molecule has 0 atom stereocenters. The predicted molar refractivity (Wildman–Crippen MR) is 47.6 cm³/mol. The Hall–Kier alpha value is -0.138. The van der Waals surface area contributed by atoms with Gasteiger partial charge in [0, 0.05) is 0 Å². The molecule has 0 N–H and O–H groups in total. The molecule has 4 nitrogen and oxygen atoms in total. The normalized spacial score (nSPS) is 9.69. The van der Waals surface area contributed by atoms with Gasteiger partial charge in [-0.1, -0.05) is 0 Å². The van der Waals surface area contributed by atoms with Crippen molar-refractivity contribution in [3.8, 4) is 0 Å². The average molecular weight is 379 g/mol. The van der Waals surface area contributed by atoms with Crippen LogP contribution in [-0.2, 0) is 15.0 Å². The monoisotopic (exact) mass is 379 g/mol. The first kappa shape index (κ1) is 12.9. The molecular weight excluding hydrogens is 364 g/mol. The molecule has 0 fully saturated rings. The number of hydrogen-bond acceptors (Lipinski definition) is 4. The number of hydrogen-bond donors (Lipinski definition) is 0. The van der Waals surface area contributed by atoms with Crippen LogP contribution in [0.5, 0.6) is 0 Å². The van der Waals surface area contributed by atoms with Gasteiger partial charge in [0.05, 0.1) is 0 Å². The van der Waals surface area contributed by atoms with Crippen molar-refractivity contribution in [2.24, 2.45) is 11.8 Å². The van der Waals surface area contributed by atoms with Crippen molar-refractivity contribution >= 4 is 37.1 Å². The summed E-state index contributed by atoms with van der Waals surface area (Å²) in [7, 11) is 0. The molecule has 0 aromatic rings. The van der Waals surface area contributed by atoms with Gasteiger partial charge in [-0.05, 0) is 0 Å². The predicted octanol–water partition coefficient (Wildman–Crippen LogP) is 0.919. The molecule has 73 valence electrons. The number of rotatable bonds is 4. The first-order valence-corrected chi connectivity index (χ1v) is 7.84. The van der Waals surface area contributed by atoms with Crippen LogP contribution in [-0.4, -0.2) is 37.1 Å². The van der Waals surface area contributed by atoms with Crippen LogP contribution < -0.4 is 0 Å². The standard InChI is InChI=1S/2C4H8O2.Tl/c2*1-3(2)4(5)6;/h2*3H,1-2H3,(H,5,6);/q;;+2/p-2. The van der Waals surface area contributed by atoms with Gasteiger partial charge in [-0.3, -0.25) is 0 Å². The van der Waals surface area contributed by atoms with Gasteiger partial charge >= 0.3 is 91.6 Å². The van der Waals surface area contributed by atoms with Gasteiger partial charge in [0.1, 0.15) is 0 Å². The van der Waals surface area contributed by atoms with E-state index in [1.54, 1.807) is 27.7 Å². The van der Waals surface area contributed by atoms with Crippen molar-refractivity contribution in [2.45, 2.75) is 27.7 Å². The fourth-order valence-electron chi connectivity index (χ4n) is 0.391. The summed E-state index contributed by atoms with van der Waals surface area (Å²) in [4.78, 5) is 21.9. The Morgan fingerprint density at radius 1 is 0.923 bits per heavy atom. The van der Waals surface area contributed by atoms with E-state index >= 15 is 0 Å². The van der Waals surface area contributed by atoms with Crippen LogP contribution in [0.4, 0.5) is 0 Å². The van der Waals surface area contributed by atoms with Crippen LogP contribution >= 0.6 is 0 Å². The van der Waals surface area contributed by atoms with Crippen LogP contribution in [0.15, 0.2) is 0 Å². The van der Waals surface area contributed by atoms with Crippen LogP contribution in [0, 0.1) is 11.8 Å². The summed E-state index contributed by atoms with van der Waals surface area (Å²) in [6, 6.07) is 0. The van der Waals surface area contributed by atoms with Crippen molar-refractivity contribution in [3.63, 3.8) is 0 Å². The molecular formula is C8H14O4Tl. The van der Waals surface area contributed by atoms with Gasteiger partial charge in [-0.2, -0.15) is 0 Å². The first-order valence-electron chi connectivity index (χ1n) is 4.17. The second kappa shape index (κ2) is 6.34. The maximum atomic E-state index is 10.9. The molecule has 0 aliphatic heterocycles. The van der Waals surface area contributed by atoms with E-state index in [0.29, 0.717) is 0 Å². The molecule has 0 rings (SSSR count). The van der Waals surface area contributed by atoms with Crippen molar-refractivity contribution in [1.82, 2.24) is 0 Å². The maximum absolute atomic E-state index is 10.9. The fourth-order valence-corrected chi connectivity index (χ4v) is 3.43. The van der Waals surface area contributed by atoms with E-state index in [1.807, 2.05) is 0 Å². The molecule has 0 heterocycles. The van der Waals surface area contributed by atoms with Crippen LogP contribution in [0.2, 0.25) is 0 Å². The summed E-state index contributed by atoms with van der Waals surface area (Å²) >= 11 is -2.06. The van der Waals surface area contributed by atoms with Crippen molar-refractivity contribution < 1.29 is 15.0 Å². The quantitative estimate of drug-likeness (QED) is 0.683. The third-order valence-electron chi connectivity index (χ3n) is 1.27. The zero-order valence-corrected chi connectivity index (χ0v) is 12.9. The van der Waals surface area contributed by atoms with Gasteiger partial charge in [0.2, 0.25) is 0 Å². The van der Waals surface area contributed by atoms with Gasteiger partial charge in [-0.25, -0.2) is 0 Å². The van der Waals surface area contributed by atoms with Gasteiger partial charge in [0.25, 0.3) is 0 Å². The Bertz CT molecular complexity index is 169. The first-order chi connectivity index (χ1) is 5.95. The van der Waals surface area contributed by atoms with Crippen LogP contribution in [0.3, 0.4) is 0 Å². The van der Waals surface area contributed by atoms with Crippen molar-refractivity contribution in [3.05, 3.63) is 0 Å². The number of carbonyl (C=O) groups excluding carboxylic acids is 2. The van der Waals surface area contributed by atoms with Gasteiger partial charge in [0.15, 0.2) is 0 Å². The molecule has 0 aromatic heterocycles. The van der Waals surface area contributed by atoms with E-state index < -0.39 is 25.1 Å². The SMILES string of the molecule is CC(C)C(=O)[O][Tl][O]C(=O)C(C)C. The molecule has 0 aliphatic rings. The number of carbonyl (C=O) groups is 2. The molecule has 0 spiro atoms. The second-order valence-corrected chi connectivity index (χ2v) is 5.86. The molecule has 0 aliphatic carbocycles. The summed E-state index contributed by atoms with van der Waals surface area (Å²) in [5, 5.41) is 0. The summed E-state index contributed by atoms with van der Waals surface area (Å²) in [6.45, 7) is 6.99. The Morgan fingerprint density at radius 3 is 1.46 bits per heavy atom. The van der Waals surface area contributed by atoms with E-state index in [4.69, 9.17) is 5.37 Å². The van der Waals surface area contributed by atoms with E-state index in [-0.39, 0.29) is 23.8 Å². The summed E-state index contributed by atoms with van der Waals surface area (Å²) in [5.41, 5.74) is 0. The van der Waals surface area contributed by atoms with E-state index in [2.05, 4.69) is 0 Å². The topological polar surface area (TPSA) is 52.6 Å². The van der Waals surface area contributed by atoms with Gasteiger partial charge < -0.3 is 0 Å². The molecule has 0 amide bonds. The van der Waals surface area contributed by atoms with E-state index in [9.17, 15) is 9.59 Å². The van der Waals surface area contributed by atoms with Crippen LogP contribution in [0.25, 0.3) is 0 Å². The third kappa shape index (κ3) is 6.00. The Labute approximate surface area is 91.5 Å². The zero-order valence-electron chi connectivity index (χ0n) is 8.37. The third-order valence-corrected chi connectivity index (χ3v) is 3.83. The van der Waals surface area contributed by atoms with Crippen molar-refractivity contribution in [1.29, 1.82) is 0 Å². The van der Waals surface area contributed by atoms with Gasteiger partial charge in [-0.15, -0.1) is 0 Å². The molecule has 13 heavy (non-hydrogen) atoms. The molecule has 0 bridgehead atoms. The average Bonchev–Trinajstić information content (AvgIpc) is 2.03. The Balaban J connectivity index is 3.57. The molecule has 0 radical (unpaired) electrons. The second-order valence-electron chi connectivity index (χ2n) is 3.28. The zero-order chi connectivity index (χ0) is 10.4. The van der Waals surface area contributed by atoms with Crippen LogP contribution in [0.1, 0.15) is 27.7 Å². The van der Waals surface area contributed by atoms with E-state index in [0.717, 1.165) is 0 Å². The Morgan fingerprint density at radius 2 is 1.23 bits per heavy atom. The summed E-state index contributed by atoms with van der Waals surface area (Å²) in [6.07, 6.45) is 0. The molecule has 0 saturated carbocycles. The molecule has 0 aromatic carbocycles. The molecule has 0 saturated heterocycles. The molecule has 0 unspecified atom stereocenters. The minimum absolute atomic E-state index is 0.144. The minimum atomic E-state index is -2.06. The summed E-state index contributed by atoms with van der Waals surface area (Å²) < 4.78 is 9.70. The Kier molecular flexibility index (Phi) is 6.27.